The largest absolute Gasteiger partial charge is 0.345 e. The molecule has 2 aliphatic carbocycles. The van der Waals surface area contributed by atoms with Gasteiger partial charge in [0, 0.05) is 29.2 Å². The molecule has 2 aliphatic rings. The number of nitrogens with zero attached hydrogens (tertiary/aromatic N) is 1. The molecule has 0 amide bonds. The predicted molar refractivity (Wildman–Crippen MR) is 116 cm³/mol. The van der Waals surface area contributed by atoms with E-state index in [0.717, 1.165) is 55.3 Å². The molecular weight excluding hydrogens is 418 g/mol. The van der Waals surface area contributed by atoms with Crippen LogP contribution in [0.15, 0.2) is 47.4 Å². The lowest BCUT2D eigenvalue weighted by Crippen LogP contribution is -2.55. The van der Waals surface area contributed by atoms with E-state index in [4.69, 9.17) is 0 Å². The number of halogens is 2. The monoisotopic (exact) mass is 444 g/mol. The maximum Gasteiger partial charge on any atom is 0.240 e. The smallest absolute Gasteiger partial charge is 0.240 e. The number of fused-ring (bicyclic) bond motifs is 1. The van der Waals surface area contributed by atoms with Gasteiger partial charge < -0.3 is 4.57 Å². The minimum atomic E-state index is -3.64. The molecular formula is C24H26F2N2O2S. The van der Waals surface area contributed by atoms with Crippen LogP contribution in [0.1, 0.15) is 49.8 Å². The molecule has 2 fully saturated rings. The van der Waals surface area contributed by atoms with Crippen molar-refractivity contribution in [2.75, 3.05) is 0 Å². The fraction of sp³-hybridized carbons (Fsp3) is 0.417. The Morgan fingerprint density at radius 1 is 1.03 bits per heavy atom. The second kappa shape index (κ2) is 7.14. The average molecular weight is 445 g/mol. The zero-order chi connectivity index (χ0) is 22.0. The SMILES string of the molecule is CCn1c(C)c(C2CC3(CC(NS(=O)(=O)c4ccc(F)cc4)C3)C2)c2cc(F)ccc21. The van der Waals surface area contributed by atoms with Crippen LogP contribution in [0.2, 0.25) is 0 Å². The Bertz CT molecular complexity index is 1250. The van der Waals surface area contributed by atoms with Gasteiger partial charge in [-0.15, -0.1) is 0 Å². The molecule has 0 unspecified atom stereocenters. The van der Waals surface area contributed by atoms with Crippen molar-refractivity contribution < 1.29 is 17.2 Å². The van der Waals surface area contributed by atoms with Crippen molar-refractivity contribution in [1.29, 1.82) is 0 Å². The van der Waals surface area contributed by atoms with Gasteiger partial charge >= 0.3 is 0 Å². The molecule has 3 aromatic rings. The summed E-state index contributed by atoms with van der Waals surface area (Å²) in [6, 6.07) is 9.83. The Labute approximate surface area is 181 Å². The van der Waals surface area contributed by atoms with E-state index in [2.05, 4.69) is 23.1 Å². The fourth-order valence-electron chi connectivity index (χ4n) is 5.90. The number of sulfonamides is 1. The summed E-state index contributed by atoms with van der Waals surface area (Å²) < 4.78 is 57.1. The lowest BCUT2D eigenvalue weighted by molar-refractivity contribution is -0.0132. The Morgan fingerprint density at radius 3 is 2.32 bits per heavy atom. The molecule has 31 heavy (non-hydrogen) atoms. The number of hydrogen-bond donors (Lipinski definition) is 1. The molecule has 0 atom stereocenters. The van der Waals surface area contributed by atoms with E-state index in [1.165, 1.54) is 29.5 Å². The van der Waals surface area contributed by atoms with Crippen LogP contribution in [0.25, 0.3) is 10.9 Å². The van der Waals surface area contributed by atoms with Crippen molar-refractivity contribution in [3.05, 3.63) is 65.4 Å². The van der Waals surface area contributed by atoms with E-state index in [0.29, 0.717) is 5.92 Å². The van der Waals surface area contributed by atoms with Crippen molar-refractivity contribution in [2.24, 2.45) is 5.41 Å². The number of rotatable bonds is 5. The zero-order valence-corrected chi connectivity index (χ0v) is 18.5. The van der Waals surface area contributed by atoms with Gasteiger partial charge in [0.2, 0.25) is 10.0 Å². The van der Waals surface area contributed by atoms with Crippen molar-refractivity contribution in [2.45, 2.75) is 62.9 Å². The van der Waals surface area contributed by atoms with Gasteiger partial charge in [0.05, 0.1) is 4.90 Å². The van der Waals surface area contributed by atoms with Crippen LogP contribution in [0, 0.1) is 24.0 Å². The van der Waals surface area contributed by atoms with Crippen LogP contribution < -0.4 is 4.72 Å². The molecule has 2 aromatic carbocycles. The van der Waals surface area contributed by atoms with Gasteiger partial charge in [-0.25, -0.2) is 21.9 Å². The summed E-state index contributed by atoms with van der Waals surface area (Å²) >= 11 is 0. The minimum absolute atomic E-state index is 0.0892. The van der Waals surface area contributed by atoms with E-state index in [9.17, 15) is 17.2 Å². The second-order valence-corrected chi connectivity index (χ2v) is 10.9. The van der Waals surface area contributed by atoms with E-state index in [1.54, 1.807) is 6.07 Å². The Kier molecular flexibility index (Phi) is 4.75. The molecule has 0 saturated heterocycles. The molecule has 1 heterocycles. The first kappa shape index (κ1) is 20.6. The van der Waals surface area contributed by atoms with Crippen LogP contribution in [0.4, 0.5) is 8.78 Å². The summed E-state index contributed by atoms with van der Waals surface area (Å²) in [5.41, 5.74) is 3.70. The van der Waals surface area contributed by atoms with Crippen molar-refractivity contribution in [3.63, 3.8) is 0 Å². The standard InChI is InChI=1S/C24H26F2N2O2S/c1-3-28-15(2)23(21-10-18(26)6-9-22(21)28)16-11-24(12-16)13-19(14-24)27-31(29,30)20-7-4-17(25)5-8-20/h4-10,16,19,27H,3,11-14H2,1-2H3. The van der Waals surface area contributed by atoms with Crippen molar-refractivity contribution in [3.8, 4) is 0 Å². The maximum atomic E-state index is 14.0. The van der Waals surface area contributed by atoms with E-state index >= 15 is 0 Å². The fourth-order valence-corrected chi connectivity index (χ4v) is 7.13. The van der Waals surface area contributed by atoms with Crippen molar-refractivity contribution >= 4 is 20.9 Å². The highest BCUT2D eigenvalue weighted by atomic mass is 32.2. The van der Waals surface area contributed by atoms with Gasteiger partial charge in [0.15, 0.2) is 0 Å². The first-order valence-electron chi connectivity index (χ1n) is 10.8. The lowest BCUT2D eigenvalue weighted by atomic mass is 9.49. The summed E-state index contributed by atoms with van der Waals surface area (Å²) in [5, 5.41) is 1.01. The number of aryl methyl sites for hydroxylation is 1. The number of aromatic nitrogens is 1. The number of hydrogen-bond acceptors (Lipinski definition) is 2. The van der Waals surface area contributed by atoms with Gasteiger partial charge in [-0.2, -0.15) is 0 Å². The summed E-state index contributed by atoms with van der Waals surface area (Å²) in [6.07, 6.45) is 3.62. The van der Waals surface area contributed by atoms with Crippen LogP contribution in [0.5, 0.6) is 0 Å². The molecule has 1 spiro atoms. The molecule has 0 aliphatic heterocycles. The van der Waals surface area contributed by atoms with E-state index < -0.39 is 15.8 Å². The minimum Gasteiger partial charge on any atom is -0.345 e. The van der Waals surface area contributed by atoms with Gasteiger partial charge in [0.25, 0.3) is 0 Å². The first-order valence-corrected chi connectivity index (χ1v) is 12.3. The third-order valence-corrected chi connectivity index (χ3v) is 8.76. The molecule has 0 radical (unpaired) electrons. The average Bonchev–Trinajstić information content (AvgIpc) is 2.93. The van der Waals surface area contributed by atoms with Crippen LogP contribution in [-0.4, -0.2) is 19.0 Å². The molecule has 1 N–H and O–H groups in total. The third kappa shape index (κ3) is 3.38. The van der Waals surface area contributed by atoms with Crippen LogP contribution >= 0.6 is 0 Å². The van der Waals surface area contributed by atoms with Gasteiger partial charge in [-0.3, -0.25) is 0 Å². The van der Waals surface area contributed by atoms with Gasteiger partial charge in [-0.1, -0.05) is 0 Å². The normalized spacial score (nSPS) is 25.5. The molecule has 5 rings (SSSR count). The molecule has 164 valence electrons. The second-order valence-electron chi connectivity index (χ2n) is 9.19. The molecule has 0 bridgehead atoms. The highest BCUT2D eigenvalue weighted by Crippen LogP contribution is 2.63. The summed E-state index contributed by atoms with van der Waals surface area (Å²) in [5.74, 6) is -0.289. The van der Waals surface area contributed by atoms with Crippen LogP contribution in [-0.2, 0) is 16.6 Å². The summed E-state index contributed by atoms with van der Waals surface area (Å²) in [4.78, 5) is 0.0892. The lowest BCUT2D eigenvalue weighted by Gasteiger charge is -2.58. The molecule has 1 aromatic heterocycles. The van der Waals surface area contributed by atoms with Crippen LogP contribution in [0.3, 0.4) is 0 Å². The predicted octanol–water partition coefficient (Wildman–Crippen LogP) is 5.25. The highest BCUT2D eigenvalue weighted by molar-refractivity contribution is 7.89. The topological polar surface area (TPSA) is 51.1 Å². The third-order valence-electron chi connectivity index (χ3n) is 7.22. The van der Waals surface area contributed by atoms with Gasteiger partial charge in [0.1, 0.15) is 11.6 Å². The quantitative estimate of drug-likeness (QED) is 0.584. The zero-order valence-electron chi connectivity index (χ0n) is 17.7. The Balaban J connectivity index is 1.28. The van der Waals surface area contributed by atoms with Crippen molar-refractivity contribution in [1.82, 2.24) is 9.29 Å². The molecule has 7 heteroatoms. The number of benzene rings is 2. The Morgan fingerprint density at radius 2 is 1.68 bits per heavy atom. The molecule has 4 nitrogen and oxygen atoms in total. The highest BCUT2D eigenvalue weighted by Gasteiger charge is 2.54. The molecule has 2 saturated carbocycles. The number of nitrogens with one attached hydrogen (secondary N) is 1. The van der Waals surface area contributed by atoms with E-state index in [1.807, 2.05) is 6.07 Å². The summed E-state index contributed by atoms with van der Waals surface area (Å²) in [7, 11) is -3.64. The first-order chi connectivity index (χ1) is 14.7. The van der Waals surface area contributed by atoms with Gasteiger partial charge in [-0.05, 0) is 98.9 Å². The maximum absolute atomic E-state index is 14.0. The Hall–Kier alpha value is -2.25. The van der Waals surface area contributed by atoms with E-state index in [-0.39, 0.29) is 22.2 Å². The summed E-state index contributed by atoms with van der Waals surface area (Å²) in [6.45, 7) is 5.06.